The van der Waals surface area contributed by atoms with E-state index in [2.05, 4.69) is 24.8 Å². The molecular weight excluding hydrogens is 212 g/mol. The Bertz CT molecular complexity index is 286. The molecule has 2 fully saturated rings. The van der Waals surface area contributed by atoms with Crippen LogP contribution in [-0.2, 0) is 4.74 Å². The van der Waals surface area contributed by atoms with Gasteiger partial charge in [-0.1, -0.05) is 13.8 Å². The summed E-state index contributed by atoms with van der Waals surface area (Å²) in [7, 11) is 0. The molecule has 2 rings (SSSR count). The van der Waals surface area contributed by atoms with E-state index in [4.69, 9.17) is 4.74 Å². The number of nitrogens with zero attached hydrogens (tertiary/aromatic N) is 2. The first-order valence-corrected chi connectivity index (χ1v) is 6.99. The predicted molar refractivity (Wildman–Crippen MR) is 67.5 cm³/mol. The molecule has 3 nitrogen and oxygen atoms in total. The average molecular weight is 236 g/mol. The van der Waals surface area contributed by atoms with Crippen LogP contribution in [0.1, 0.15) is 39.5 Å². The van der Waals surface area contributed by atoms with Gasteiger partial charge in [-0.15, -0.1) is 0 Å². The van der Waals surface area contributed by atoms with Gasteiger partial charge in [-0.2, -0.15) is 5.26 Å². The topological polar surface area (TPSA) is 36.3 Å². The van der Waals surface area contributed by atoms with Gasteiger partial charge in [-0.05, 0) is 31.6 Å². The smallest absolute Gasteiger partial charge is 0.0700 e. The molecule has 1 heterocycles. The molecule has 0 spiro atoms. The van der Waals surface area contributed by atoms with Gasteiger partial charge in [0.25, 0.3) is 0 Å². The minimum atomic E-state index is 0.238. The van der Waals surface area contributed by atoms with Gasteiger partial charge in [0.1, 0.15) is 0 Å². The molecular formula is C14H24N2O. The Morgan fingerprint density at radius 3 is 2.94 bits per heavy atom. The summed E-state index contributed by atoms with van der Waals surface area (Å²) in [6.07, 6.45) is 4.94. The molecule has 1 aliphatic heterocycles. The highest BCUT2D eigenvalue weighted by Gasteiger charge is 2.35. The normalized spacial score (nSPS) is 39.8. The fraction of sp³-hybridized carbons (Fsp3) is 0.929. The van der Waals surface area contributed by atoms with Crippen LogP contribution in [0.15, 0.2) is 0 Å². The third-order valence-electron chi connectivity index (χ3n) is 4.34. The first-order chi connectivity index (χ1) is 8.24. The van der Waals surface area contributed by atoms with Crippen LogP contribution in [0, 0.1) is 23.2 Å². The minimum Gasteiger partial charge on any atom is -0.376 e. The zero-order valence-electron chi connectivity index (χ0n) is 11.1. The van der Waals surface area contributed by atoms with Gasteiger partial charge in [0.05, 0.1) is 24.7 Å². The molecule has 0 aromatic carbocycles. The molecule has 0 N–H and O–H groups in total. The molecule has 4 unspecified atom stereocenters. The van der Waals surface area contributed by atoms with Crippen molar-refractivity contribution in [3.05, 3.63) is 0 Å². The summed E-state index contributed by atoms with van der Waals surface area (Å²) in [5.41, 5.74) is 0. The van der Waals surface area contributed by atoms with Crippen molar-refractivity contribution >= 4 is 0 Å². The number of morpholine rings is 1. The molecule has 96 valence electrons. The second kappa shape index (κ2) is 5.84. The number of nitriles is 1. The summed E-state index contributed by atoms with van der Waals surface area (Å²) in [5.74, 6) is 1.01. The van der Waals surface area contributed by atoms with Gasteiger partial charge in [-0.25, -0.2) is 0 Å². The molecule has 1 saturated carbocycles. The van der Waals surface area contributed by atoms with Crippen molar-refractivity contribution < 1.29 is 4.74 Å². The Kier molecular flexibility index (Phi) is 4.42. The van der Waals surface area contributed by atoms with Crippen molar-refractivity contribution in [1.29, 1.82) is 5.26 Å². The molecule has 2 aliphatic rings. The lowest BCUT2D eigenvalue weighted by Crippen LogP contribution is -2.51. The van der Waals surface area contributed by atoms with E-state index in [9.17, 15) is 5.26 Å². The largest absolute Gasteiger partial charge is 0.376 e. The second-order valence-corrected chi connectivity index (χ2v) is 5.62. The number of ether oxygens (including phenoxy) is 1. The highest BCUT2D eigenvalue weighted by Crippen LogP contribution is 2.32. The Balaban J connectivity index is 2.00. The molecule has 0 radical (unpaired) electrons. The maximum absolute atomic E-state index is 9.29. The van der Waals surface area contributed by atoms with E-state index in [1.807, 2.05) is 0 Å². The van der Waals surface area contributed by atoms with Crippen LogP contribution in [0.4, 0.5) is 0 Å². The third kappa shape index (κ3) is 3.00. The minimum absolute atomic E-state index is 0.238. The maximum atomic E-state index is 9.29. The lowest BCUT2D eigenvalue weighted by Gasteiger charge is -2.43. The van der Waals surface area contributed by atoms with Gasteiger partial charge in [0.2, 0.25) is 0 Å². The number of hydrogen-bond acceptors (Lipinski definition) is 3. The Morgan fingerprint density at radius 2 is 2.24 bits per heavy atom. The molecule has 17 heavy (non-hydrogen) atoms. The molecule has 1 aliphatic carbocycles. The van der Waals surface area contributed by atoms with Gasteiger partial charge in [0.15, 0.2) is 0 Å². The van der Waals surface area contributed by atoms with E-state index < -0.39 is 0 Å². The SMILES string of the molecule is CCC1CN(C2CC(C)CCC2C#N)CCO1. The molecule has 0 aromatic heterocycles. The van der Waals surface area contributed by atoms with E-state index in [1.165, 1.54) is 12.8 Å². The molecule has 0 bridgehead atoms. The predicted octanol–water partition coefficient (Wildman–Crippen LogP) is 2.43. The lowest BCUT2D eigenvalue weighted by atomic mass is 9.78. The zero-order chi connectivity index (χ0) is 12.3. The third-order valence-corrected chi connectivity index (χ3v) is 4.34. The van der Waals surface area contributed by atoms with Gasteiger partial charge in [0, 0.05) is 19.1 Å². The van der Waals surface area contributed by atoms with Crippen LogP contribution in [-0.4, -0.2) is 36.7 Å². The van der Waals surface area contributed by atoms with Crippen molar-refractivity contribution in [2.45, 2.75) is 51.7 Å². The Hall–Kier alpha value is -0.590. The van der Waals surface area contributed by atoms with E-state index >= 15 is 0 Å². The van der Waals surface area contributed by atoms with Gasteiger partial charge < -0.3 is 4.74 Å². The Labute approximate surface area is 105 Å². The molecule has 0 amide bonds. The van der Waals surface area contributed by atoms with Crippen LogP contribution in [0.25, 0.3) is 0 Å². The fourth-order valence-corrected chi connectivity index (χ4v) is 3.20. The fourth-order valence-electron chi connectivity index (χ4n) is 3.20. The van der Waals surface area contributed by atoms with Crippen LogP contribution >= 0.6 is 0 Å². The summed E-state index contributed by atoms with van der Waals surface area (Å²) in [6, 6.07) is 3.00. The maximum Gasteiger partial charge on any atom is 0.0700 e. The van der Waals surface area contributed by atoms with Crippen molar-refractivity contribution in [1.82, 2.24) is 4.90 Å². The van der Waals surface area contributed by atoms with E-state index in [1.54, 1.807) is 0 Å². The monoisotopic (exact) mass is 236 g/mol. The van der Waals surface area contributed by atoms with Gasteiger partial charge in [-0.3, -0.25) is 4.90 Å². The number of hydrogen-bond donors (Lipinski definition) is 0. The standard InChI is InChI=1S/C14H24N2O/c1-3-13-10-16(6-7-17-13)14-8-11(2)4-5-12(14)9-15/h11-14H,3-8,10H2,1-2H3. The molecule has 3 heteroatoms. The van der Waals surface area contributed by atoms with Crippen LogP contribution < -0.4 is 0 Å². The van der Waals surface area contributed by atoms with Crippen LogP contribution in [0.5, 0.6) is 0 Å². The zero-order valence-corrected chi connectivity index (χ0v) is 11.1. The van der Waals surface area contributed by atoms with Crippen LogP contribution in [0.2, 0.25) is 0 Å². The highest BCUT2D eigenvalue weighted by atomic mass is 16.5. The van der Waals surface area contributed by atoms with Crippen LogP contribution in [0.3, 0.4) is 0 Å². The first kappa shape index (κ1) is 12.9. The number of rotatable bonds is 2. The van der Waals surface area contributed by atoms with Gasteiger partial charge >= 0.3 is 0 Å². The van der Waals surface area contributed by atoms with Crippen molar-refractivity contribution in [2.75, 3.05) is 19.7 Å². The summed E-state index contributed by atoms with van der Waals surface area (Å²) in [6.45, 7) is 7.36. The second-order valence-electron chi connectivity index (χ2n) is 5.62. The average Bonchev–Trinajstić information content (AvgIpc) is 2.39. The quantitative estimate of drug-likeness (QED) is 0.739. The van der Waals surface area contributed by atoms with Crippen molar-refractivity contribution in [2.24, 2.45) is 11.8 Å². The van der Waals surface area contributed by atoms with Crippen molar-refractivity contribution in [3.63, 3.8) is 0 Å². The van der Waals surface area contributed by atoms with E-state index in [0.717, 1.165) is 38.5 Å². The first-order valence-electron chi connectivity index (χ1n) is 6.99. The molecule has 0 aromatic rings. The summed E-state index contributed by atoms with van der Waals surface area (Å²) in [5, 5.41) is 9.29. The Morgan fingerprint density at radius 1 is 1.41 bits per heavy atom. The lowest BCUT2D eigenvalue weighted by molar-refractivity contribution is -0.0576. The molecule has 4 atom stereocenters. The summed E-state index contributed by atoms with van der Waals surface area (Å²) in [4.78, 5) is 2.52. The summed E-state index contributed by atoms with van der Waals surface area (Å²) < 4.78 is 5.72. The van der Waals surface area contributed by atoms with Crippen molar-refractivity contribution in [3.8, 4) is 6.07 Å². The summed E-state index contributed by atoms with van der Waals surface area (Å²) >= 11 is 0. The van der Waals surface area contributed by atoms with E-state index in [0.29, 0.717) is 12.1 Å². The van der Waals surface area contributed by atoms with E-state index in [-0.39, 0.29) is 5.92 Å². The molecule has 1 saturated heterocycles. The highest BCUT2D eigenvalue weighted by molar-refractivity contribution is 4.98.